The Kier molecular flexibility index (Phi) is 5.83. The molecule has 5 N–H and O–H groups in total. The van der Waals surface area contributed by atoms with Gasteiger partial charge in [-0.3, -0.25) is 0 Å². The Morgan fingerprint density at radius 3 is 2.45 bits per heavy atom. The quantitative estimate of drug-likeness (QED) is 0.330. The van der Waals surface area contributed by atoms with Gasteiger partial charge in [-0.2, -0.15) is 0 Å². The van der Waals surface area contributed by atoms with Crippen molar-refractivity contribution in [1.82, 2.24) is 0 Å². The van der Waals surface area contributed by atoms with E-state index in [1.807, 2.05) is 0 Å². The topological polar surface area (TPSA) is 146 Å². The molecule has 9 nitrogen and oxygen atoms in total. The minimum atomic E-state index is -2.01. The molecule has 0 aromatic rings. The highest BCUT2D eigenvalue weighted by Gasteiger charge is 2.55. The van der Waals surface area contributed by atoms with Gasteiger partial charge in [0.2, 0.25) is 0 Å². The number of carbonyl (C=O) groups is 1. The molecule has 0 aliphatic carbocycles. The van der Waals surface area contributed by atoms with Crippen LogP contribution in [-0.4, -0.2) is 88.6 Å². The summed E-state index contributed by atoms with van der Waals surface area (Å²) in [5.41, 5.74) is 0. The molecule has 1 heterocycles. The van der Waals surface area contributed by atoms with Crippen molar-refractivity contribution in [2.45, 2.75) is 42.7 Å². The summed E-state index contributed by atoms with van der Waals surface area (Å²) in [6, 6.07) is 0. The summed E-state index contributed by atoms with van der Waals surface area (Å²) in [7, 11) is 2.21. The molecule has 9 heteroatoms. The van der Waals surface area contributed by atoms with Crippen LogP contribution in [0.2, 0.25) is 0 Å². The Hall–Kier alpha value is -0.810. The van der Waals surface area contributed by atoms with Gasteiger partial charge in [-0.1, -0.05) is 0 Å². The second kappa shape index (κ2) is 6.76. The number of ether oxygens (including phenoxy) is 3. The molecule has 0 spiro atoms. The van der Waals surface area contributed by atoms with Gasteiger partial charge in [0.1, 0.15) is 24.4 Å². The maximum absolute atomic E-state index is 11.7. The molecule has 0 amide bonds. The molecular weight excluding hydrogens is 276 g/mol. The number of hydrogen-bond donors (Lipinski definition) is 5. The number of aliphatic hydroxyl groups excluding tert-OH is 5. The third-order valence-corrected chi connectivity index (χ3v) is 3.28. The van der Waals surface area contributed by atoms with E-state index in [-0.39, 0.29) is 0 Å². The fourth-order valence-corrected chi connectivity index (χ4v) is 2.05. The standard InChI is InChI=1S/C11H20O9/c1-18-10(17)11(19-2)3-5(13)7(15)9(20-11)8(16)6(14)4-12/h5-9,12-16H,3-4H2,1-2H3/t5-,6+,7+,8+,9+,11+/m0/s1. The van der Waals surface area contributed by atoms with Gasteiger partial charge in [0.25, 0.3) is 5.79 Å². The van der Waals surface area contributed by atoms with Crippen LogP contribution in [-0.2, 0) is 19.0 Å². The predicted molar refractivity (Wildman–Crippen MR) is 62.4 cm³/mol. The molecule has 1 aliphatic rings. The Bertz CT molecular complexity index is 336. The van der Waals surface area contributed by atoms with Gasteiger partial charge in [-0.15, -0.1) is 0 Å². The lowest BCUT2D eigenvalue weighted by Gasteiger charge is -2.44. The van der Waals surface area contributed by atoms with Gasteiger partial charge in [0, 0.05) is 13.5 Å². The summed E-state index contributed by atoms with van der Waals surface area (Å²) in [5, 5.41) is 47.6. The Morgan fingerprint density at radius 2 is 2.00 bits per heavy atom. The zero-order valence-corrected chi connectivity index (χ0v) is 11.2. The first kappa shape index (κ1) is 17.2. The van der Waals surface area contributed by atoms with Gasteiger partial charge in [0.05, 0.1) is 19.8 Å². The van der Waals surface area contributed by atoms with E-state index >= 15 is 0 Å². The molecular formula is C11H20O9. The highest BCUT2D eigenvalue weighted by Crippen LogP contribution is 2.33. The van der Waals surface area contributed by atoms with E-state index in [2.05, 4.69) is 4.74 Å². The molecule has 0 saturated carbocycles. The van der Waals surface area contributed by atoms with Gasteiger partial charge >= 0.3 is 5.97 Å². The van der Waals surface area contributed by atoms with Crippen LogP contribution < -0.4 is 0 Å². The molecule has 1 fully saturated rings. The molecule has 0 aromatic heterocycles. The molecule has 0 unspecified atom stereocenters. The first-order chi connectivity index (χ1) is 9.32. The van der Waals surface area contributed by atoms with Gasteiger partial charge in [0.15, 0.2) is 0 Å². The Morgan fingerprint density at radius 1 is 1.40 bits per heavy atom. The van der Waals surface area contributed by atoms with Crippen LogP contribution >= 0.6 is 0 Å². The predicted octanol–water partition coefficient (Wildman–Crippen LogP) is -3.27. The van der Waals surface area contributed by atoms with Crippen molar-refractivity contribution < 1.29 is 44.5 Å². The highest BCUT2D eigenvalue weighted by molar-refractivity contribution is 5.78. The third-order valence-electron chi connectivity index (χ3n) is 3.28. The van der Waals surface area contributed by atoms with E-state index < -0.39 is 55.3 Å². The van der Waals surface area contributed by atoms with Crippen molar-refractivity contribution in [3.8, 4) is 0 Å². The van der Waals surface area contributed by atoms with E-state index in [0.717, 1.165) is 14.2 Å². The van der Waals surface area contributed by atoms with E-state index in [1.165, 1.54) is 0 Å². The molecule has 0 bridgehead atoms. The van der Waals surface area contributed by atoms with Crippen LogP contribution in [0.1, 0.15) is 6.42 Å². The summed E-state index contributed by atoms with van der Waals surface area (Å²) in [5.74, 6) is -2.96. The number of esters is 1. The highest BCUT2D eigenvalue weighted by atomic mass is 16.7. The SMILES string of the molecule is COC(=O)[C@@]1(OC)C[C@H](O)[C@@H](O)[C@H]([C@H](O)[C@H](O)CO)O1. The number of methoxy groups -OCH3 is 2. The van der Waals surface area contributed by atoms with E-state index in [4.69, 9.17) is 14.6 Å². The van der Waals surface area contributed by atoms with Crippen LogP contribution in [0.25, 0.3) is 0 Å². The van der Waals surface area contributed by atoms with Crippen LogP contribution in [0.4, 0.5) is 0 Å². The summed E-state index contributed by atoms with van der Waals surface area (Å²) < 4.78 is 14.6. The number of hydrogen-bond acceptors (Lipinski definition) is 9. The van der Waals surface area contributed by atoms with Gasteiger partial charge in [-0.25, -0.2) is 4.79 Å². The number of rotatable bonds is 5. The van der Waals surface area contributed by atoms with E-state index in [9.17, 15) is 25.2 Å². The zero-order valence-electron chi connectivity index (χ0n) is 11.2. The summed E-state index contributed by atoms with van der Waals surface area (Å²) in [4.78, 5) is 11.7. The second-order valence-corrected chi connectivity index (χ2v) is 4.53. The lowest BCUT2D eigenvalue weighted by atomic mass is 9.91. The molecule has 1 rings (SSSR count). The van der Waals surface area contributed by atoms with Crippen molar-refractivity contribution in [2.75, 3.05) is 20.8 Å². The fourth-order valence-electron chi connectivity index (χ4n) is 2.05. The van der Waals surface area contributed by atoms with Gasteiger partial charge < -0.3 is 39.7 Å². The van der Waals surface area contributed by atoms with E-state index in [1.54, 1.807) is 0 Å². The third kappa shape index (κ3) is 3.09. The minimum absolute atomic E-state index is 0.407. The summed E-state index contributed by atoms with van der Waals surface area (Å²) in [6.07, 6.45) is -8.32. The number of aliphatic hydroxyl groups is 5. The smallest absolute Gasteiger partial charge is 0.366 e. The Balaban J connectivity index is 3.02. The van der Waals surface area contributed by atoms with Crippen molar-refractivity contribution >= 4 is 5.97 Å². The minimum Gasteiger partial charge on any atom is -0.465 e. The molecule has 0 aromatic carbocycles. The molecule has 1 saturated heterocycles. The monoisotopic (exact) mass is 296 g/mol. The first-order valence-corrected chi connectivity index (χ1v) is 5.97. The molecule has 6 atom stereocenters. The molecule has 1 aliphatic heterocycles. The molecule has 20 heavy (non-hydrogen) atoms. The first-order valence-electron chi connectivity index (χ1n) is 5.97. The average molecular weight is 296 g/mol. The zero-order chi connectivity index (χ0) is 15.5. The van der Waals surface area contributed by atoms with Crippen molar-refractivity contribution in [3.05, 3.63) is 0 Å². The average Bonchev–Trinajstić information content (AvgIpc) is 2.47. The second-order valence-electron chi connectivity index (χ2n) is 4.53. The maximum atomic E-state index is 11.7. The van der Waals surface area contributed by atoms with Crippen LogP contribution in [0, 0.1) is 0 Å². The van der Waals surface area contributed by atoms with Crippen molar-refractivity contribution in [3.63, 3.8) is 0 Å². The van der Waals surface area contributed by atoms with Gasteiger partial charge in [-0.05, 0) is 0 Å². The normalized spacial score (nSPS) is 37.2. The van der Waals surface area contributed by atoms with Crippen LogP contribution in [0.5, 0.6) is 0 Å². The fraction of sp³-hybridized carbons (Fsp3) is 0.909. The summed E-state index contributed by atoms with van der Waals surface area (Å²) in [6.45, 7) is -0.790. The lowest BCUT2D eigenvalue weighted by Crippen LogP contribution is -2.63. The molecule has 118 valence electrons. The van der Waals surface area contributed by atoms with Crippen LogP contribution in [0.15, 0.2) is 0 Å². The van der Waals surface area contributed by atoms with Crippen molar-refractivity contribution in [1.29, 1.82) is 0 Å². The number of carbonyl (C=O) groups excluding carboxylic acids is 1. The lowest BCUT2D eigenvalue weighted by molar-refractivity contribution is -0.321. The molecule has 0 radical (unpaired) electrons. The summed E-state index contributed by atoms with van der Waals surface area (Å²) >= 11 is 0. The maximum Gasteiger partial charge on any atom is 0.366 e. The largest absolute Gasteiger partial charge is 0.465 e. The Labute approximate surface area is 115 Å². The van der Waals surface area contributed by atoms with Crippen molar-refractivity contribution in [2.24, 2.45) is 0 Å². The van der Waals surface area contributed by atoms with Crippen LogP contribution in [0.3, 0.4) is 0 Å². The van der Waals surface area contributed by atoms with E-state index in [0.29, 0.717) is 0 Å².